The molecule has 2 fully saturated rings. The van der Waals surface area contributed by atoms with Gasteiger partial charge in [-0.25, -0.2) is 0 Å². The largest absolute Gasteiger partial charge is 0.463 e. The van der Waals surface area contributed by atoms with Crippen molar-refractivity contribution < 1.29 is 72.8 Å². The zero-order chi connectivity index (χ0) is 26.4. The van der Waals surface area contributed by atoms with Gasteiger partial charge in [0.1, 0.15) is 37.1 Å². The van der Waals surface area contributed by atoms with Gasteiger partial charge in [-0.15, -0.1) is 0 Å². The SMILES string of the molecule is CC(=O)OCC1O[C@H](OCC2OC(O)[C@@H](OC(C)=O)C(OC(C)=O)[C@@H]2OC(C)=O)C(O)C(O)[C@H]1O. The van der Waals surface area contributed by atoms with Crippen molar-refractivity contribution in [1.82, 2.24) is 0 Å². The zero-order valence-electron chi connectivity index (χ0n) is 19.5. The fourth-order valence-electron chi connectivity index (χ4n) is 3.59. The number of esters is 4. The Labute approximate surface area is 199 Å². The summed E-state index contributed by atoms with van der Waals surface area (Å²) < 4.78 is 36.3. The van der Waals surface area contributed by atoms with E-state index in [1.807, 2.05) is 0 Å². The summed E-state index contributed by atoms with van der Waals surface area (Å²) in [6, 6.07) is 0. The highest BCUT2D eigenvalue weighted by molar-refractivity contribution is 5.68. The van der Waals surface area contributed by atoms with E-state index in [9.17, 15) is 39.6 Å². The molecule has 35 heavy (non-hydrogen) atoms. The molecule has 0 aromatic rings. The van der Waals surface area contributed by atoms with Gasteiger partial charge in [-0.1, -0.05) is 0 Å². The molecule has 0 aromatic heterocycles. The van der Waals surface area contributed by atoms with E-state index in [1.165, 1.54) is 0 Å². The number of aliphatic hydroxyl groups excluding tert-OH is 4. The third-order valence-corrected chi connectivity index (χ3v) is 5.06. The van der Waals surface area contributed by atoms with E-state index in [4.69, 9.17) is 33.2 Å². The Bertz CT molecular complexity index is 772. The minimum absolute atomic E-state index is 0.451. The Morgan fingerprint density at radius 3 is 1.71 bits per heavy atom. The van der Waals surface area contributed by atoms with E-state index < -0.39 is 98.5 Å². The summed E-state index contributed by atoms with van der Waals surface area (Å²) in [5, 5.41) is 40.8. The highest BCUT2D eigenvalue weighted by Crippen LogP contribution is 2.29. The van der Waals surface area contributed by atoms with E-state index in [-0.39, 0.29) is 0 Å². The van der Waals surface area contributed by atoms with Crippen molar-refractivity contribution >= 4 is 23.9 Å². The second-order valence-corrected chi connectivity index (χ2v) is 7.94. The van der Waals surface area contributed by atoms with E-state index in [0.29, 0.717) is 0 Å². The molecule has 15 heteroatoms. The highest BCUT2D eigenvalue weighted by atomic mass is 16.7. The van der Waals surface area contributed by atoms with Crippen molar-refractivity contribution in [3.63, 3.8) is 0 Å². The second kappa shape index (κ2) is 12.5. The van der Waals surface area contributed by atoms with Crippen LogP contribution in [0.2, 0.25) is 0 Å². The predicted octanol–water partition coefficient (Wildman–Crippen LogP) is -3.11. The van der Waals surface area contributed by atoms with Crippen LogP contribution >= 0.6 is 0 Å². The number of hydrogen-bond donors (Lipinski definition) is 4. The Kier molecular flexibility index (Phi) is 10.3. The summed E-state index contributed by atoms with van der Waals surface area (Å²) in [4.78, 5) is 45.9. The predicted molar refractivity (Wildman–Crippen MR) is 107 cm³/mol. The lowest BCUT2D eigenvalue weighted by Gasteiger charge is -2.44. The van der Waals surface area contributed by atoms with Crippen LogP contribution in [0.5, 0.6) is 0 Å². The lowest BCUT2D eigenvalue weighted by atomic mass is 9.97. The van der Waals surface area contributed by atoms with Crippen LogP contribution in [0.3, 0.4) is 0 Å². The molecule has 6 unspecified atom stereocenters. The first-order valence-corrected chi connectivity index (χ1v) is 10.6. The Morgan fingerprint density at radius 1 is 0.629 bits per heavy atom. The van der Waals surface area contributed by atoms with Gasteiger partial charge in [0, 0.05) is 27.7 Å². The number of ether oxygens (including phenoxy) is 7. The molecular weight excluding hydrogens is 480 g/mol. The molecule has 0 bridgehead atoms. The summed E-state index contributed by atoms with van der Waals surface area (Å²) in [6.07, 6.45) is -15.6. The molecule has 4 N–H and O–H groups in total. The van der Waals surface area contributed by atoms with Crippen molar-refractivity contribution in [2.75, 3.05) is 13.2 Å². The number of rotatable bonds is 8. The Balaban J connectivity index is 2.20. The van der Waals surface area contributed by atoms with Crippen LogP contribution in [0.15, 0.2) is 0 Å². The third kappa shape index (κ3) is 7.79. The van der Waals surface area contributed by atoms with Crippen molar-refractivity contribution in [3.05, 3.63) is 0 Å². The average Bonchev–Trinajstić information content (AvgIpc) is 2.74. The fourth-order valence-corrected chi connectivity index (χ4v) is 3.59. The maximum Gasteiger partial charge on any atom is 0.303 e. The number of hydrogen-bond acceptors (Lipinski definition) is 15. The monoisotopic (exact) mass is 510 g/mol. The van der Waals surface area contributed by atoms with E-state index in [2.05, 4.69) is 0 Å². The van der Waals surface area contributed by atoms with E-state index in [1.54, 1.807) is 0 Å². The first kappa shape index (κ1) is 28.8. The van der Waals surface area contributed by atoms with Gasteiger partial charge in [-0.05, 0) is 0 Å². The lowest BCUT2D eigenvalue weighted by molar-refractivity contribution is -0.328. The van der Waals surface area contributed by atoms with Gasteiger partial charge in [0.2, 0.25) is 0 Å². The first-order chi connectivity index (χ1) is 16.3. The first-order valence-electron chi connectivity index (χ1n) is 10.6. The topological polar surface area (TPSA) is 214 Å². The molecule has 0 aromatic carbocycles. The van der Waals surface area contributed by atoms with Crippen LogP contribution < -0.4 is 0 Å². The molecular formula is C20H30O15. The molecule has 0 aliphatic carbocycles. The molecule has 0 spiro atoms. The standard InChI is InChI=1S/C20H30O15/c1-7(21)29-5-11-13(25)14(26)15(27)20(35-11)30-6-12-16(31-8(2)22)17(32-9(3)23)18(19(28)34-12)33-10(4)24/h11-20,25-28H,5-6H2,1-4H3/t11?,12?,13-,14?,15?,16+,17?,18-,19?,20-/m0/s1. The lowest BCUT2D eigenvalue weighted by Crippen LogP contribution is -2.63. The van der Waals surface area contributed by atoms with Gasteiger partial charge in [0.25, 0.3) is 0 Å². The molecule has 0 radical (unpaired) electrons. The summed E-state index contributed by atoms with van der Waals surface area (Å²) in [7, 11) is 0. The van der Waals surface area contributed by atoms with Crippen LogP contribution in [0.4, 0.5) is 0 Å². The second-order valence-electron chi connectivity index (χ2n) is 7.94. The number of aliphatic hydroxyl groups is 4. The van der Waals surface area contributed by atoms with Crippen LogP contribution in [-0.2, 0) is 52.3 Å². The van der Waals surface area contributed by atoms with Crippen LogP contribution in [0, 0.1) is 0 Å². The van der Waals surface area contributed by atoms with Gasteiger partial charge in [0.05, 0.1) is 6.61 Å². The highest BCUT2D eigenvalue weighted by Gasteiger charge is 2.52. The Hall–Kier alpha value is -2.40. The average molecular weight is 510 g/mol. The molecule has 2 rings (SSSR count). The van der Waals surface area contributed by atoms with Crippen LogP contribution in [0.1, 0.15) is 27.7 Å². The maximum atomic E-state index is 11.7. The van der Waals surface area contributed by atoms with E-state index in [0.717, 1.165) is 27.7 Å². The molecule has 0 saturated carbocycles. The number of carbonyl (C=O) groups excluding carboxylic acids is 4. The fraction of sp³-hybridized carbons (Fsp3) is 0.800. The van der Waals surface area contributed by atoms with Crippen molar-refractivity contribution in [1.29, 1.82) is 0 Å². The quantitative estimate of drug-likeness (QED) is 0.188. The van der Waals surface area contributed by atoms with Gasteiger partial charge in [-0.2, -0.15) is 0 Å². The third-order valence-electron chi connectivity index (χ3n) is 5.06. The minimum Gasteiger partial charge on any atom is -0.463 e. The molecule has 2 aliphatic rings. The molecule has 200 valence electrons. The molecule has 2 saturated heterocycles. The summed E-state index contributed by atoms with van der Waals surface area (Å²) >= 11 is 0. The van der Waals surface area contributed by atoms with Gasteiger partial charge >= 0.3 is 23.9 Å². The minimum atomic E-state index is -1.83. The molecule has 15 nitrogen and oxygen atoms in total. The summed E-state index contributed by atoms with van der Waals surface area (Å²) in [5.74, 6) is -3.18. The van der Waals surface area contributed by atoms with Crippen LogP contribution in [0.25, 0.3) is 0 Å². The van der Waals surface area contributed by atoms with E-state index >= 15 is 0 Å². The number of carbonyl (C=O) groups is 4. The summed E-state index contributed by atoms with van der Waals surface area (Å²) in [6.45, 7) is 3.25. The molecule has 0 amide bonds. The molecule has 2 aliphatic heterocycles. The smallest absolute Gasteiger partial charge is 0.303 e. The van der Waals surface area contributed by atoms with Crippen molar-refractivity contribution in [2.24, 2.45) is 0 Å². The van der Waals surface area contributed by atoms with Gasteiger partial charge in [-0.3, -0.25) is 19.2 Å². The Morgan fingerprint density at radius 2 is 1.17 bits per heavy atom. The molecule has 10 atom stereocenters. The zero-order valence-corrected chi connectivity index (χ0v) is 19.5. The van der Waals surface area contributed by atoms with Gasteiger partial charge < -0.3 is 53.6 Å². The summed E-state index contributed by atoms with van der Waals surface area (Å²) in [5.41, 5.74) is 0. The van der Waals surface area contributed by atoms with Crippen LogP contribution in [-0.4, -0.2) is 119 Å². The van der Waals surface area contributed by atoms with Crippen molar-refractivity contribution in [2.45, 2.75) is 89.1 Å². The normalized spacial score (nSPS) is 37.1. The van der Waals surface area contributed by atoms with Crippen molar-refractivity contribution in [3.8, 4) is 0 Å². The maximum absolute atomic E-state index is 11.7. The molecule has 2 heterocycles. The van der Waals surface area contributed by atoms with Gasteiger partial charge in [0.15, 0.2) is 30.9 Å².